The second-order valence-electron chi connectivity index (χ2n) is 4.70. The monoisotopic (exact) mass is 313 g/mol. The van der Waals surface area contributed by atoms with Crippen LogP contribution in [0.3, 0.4) is 0 Å². The zero-order valence-corrected chi connectivity index (χ0v) is 12.8. The number of amides is 1. The highest BCUT2D eigenvalue weighted by Gasteiger charge is 2.00. The van der Waals surface area contributed by atoms with Gasteiger partial charge in [0.05, 0.1) is 19.4 Å². The van der Waals surface area contributed by atoms with E-state index in [0.29, 0.717) is 6.61 Å². The van der Waals surface area contributed by atoms with E-state index in [2.05, 4.69) is 15.8 Å². The normalized spacial score (nSPS) is 10.5. The summed E-state index contributed by atoms with van der Waals surface area (Å²) in [5.41, 5.74) is 4.03. The Morgan fingerprint density at radius 2 is 1.87 bits per heavy atom. The maximum absolute atomic E-state index is 11.7. The van der Waals surface area contributed by atoms with Gasteiger partial charge in [-0.05, 0) is 61.0 Å². The number of hydrogen-bond acceptors (Lipinski definition) is 5. The van der Waals surface area contributed by atoms with Crippen LogP contribution in [0.5, 0.6) is 11.5 Å². The van der Waals surface area contributed by atoms with Crippen LogP contribution in [0.2, 0.25) is 0 Å². The Morgan fingerprint density at radius 1 is 1.17 bits per heavy atom. The molecule has 0 fully saturated rings. The van der Waals surface area contributed by atoms with E-state index in [1.54, 1.807) is 24.3 Å². The number of carbonyl (C=O) groups is 1. The largest absolute Gasteiger partial charge is 0.508 e. The van der Waals surface area contributed by atoms with E-state index in [-0.39, 0.29) is 18.2 Å². The second-order valence-corrected chi connectivity index (χ2v) is 4.70. The van der Waals surface area contributed by atoms with Crippen LogP contribution >= 0.6 is 0 Å². The average molecular weight is 313 g/mol. The summed E-state index contributed by atoms with van der Waals surface area (Å²) >= 11 is 0. The molecule has 0 aliphatic heterocycles. The number of ether oxygens (including phenoxy) is 1. The minimum atomic E-state index is -0.256. The molecule has 6 nitrogen and oxygen atoms in total. The predicted octanol–water partition coefficient (Wildman–Crippen LogP) is 2.35. The van der Waals surface area contributed by atoms with Gasteiger partial charge >= 0.3 is 0 Å². The number of benzene rings is 2. The number of aromatic hydroxyl groups is 1. The molecule has 0 aliphatic rings. The van der Waals surface area contributed by atoms with Crippen molar-refractivity contribution in [1.29, 1.82) is 0 Å². The third-order valence-corrected chi connectivity index (χ3v) is 2.91. The van der Waals surface area contributed by atoms with Crippen molar-refractivity contribution in [3.05, 3.63) is 54.1 Å². The minimum Gasteiger partial charge on any atom is -0.508 e. The molecule has 2 aromatic rings. The molecule has 2 rings (SSSR count). The van der Waals surface area contributed by atoms with Gasteiger partial charge in [0.1, 0.15) is 11.5 Å². The van der Waals surface area contributed by atoms with E-state index in [4.69, 9.17) is 9.84 Å². The van der Waals surface area contributed by atoms with Gasteiger partial charge in [-0.25, -0.2) is 5.43 Å². The molecule has 0 heterocycles. The van der Waals surface area contributed by atoms with Crippen molar-refractivity contribution < 1.29 is 14.6 Å². The lowest BCUT2D eigenvalue weighted by Crippen LogP contribution is -2.25. The van der Waals surface area contributed by atoms with Crippen molar-refractivity contribution in [1.82, 2.24) is 5.43 Å². The van der Waals surface area contributed by atoms with E-state index in [9.17, 15) is 4.79 Å². The van der Waals surface area contributed by atoms with Crippen LogP contribution in [0.4, 0.5) is 5.69 Å². The highest BCUT2D eigenvalue weighted by atomic mass is 16.5. The van der Waals surface area contributed by atoms with E-state index in [1.165, 1.54) is 6.21 Å². The number of phenols is 1. The number of phenolic OH excluding ortho intramolecular Hbond substituents is 1. The first-order valence-electron chi connectivity index (χ1n) is 7.25. The van der Waals surface area contributed by atoms with Crippen LogP contribution in [-0.2, 0) is 4.79 Å². The average Bonchev–Trinajstić information content (AvgIpc) is 2.56. The summed E-state index contributed by atoms with van der Waals surface area (Å²) in [6.07, 6.45) is 1.51. The SMILES string of the molecule is CCOc1ccc(NCC(=O)NN=Cc2ccc(O)cc2)cc1. The molecule has 2 aromatic carbocycles. The highest BCUT2D eigenvalue weighted by Crippen LogP contribution is 2.15. The molecule has 3 N–H and O–H groups in total. The lowest BCUT2D eigenvalue weighted by Gasteiger charge is -2.07. The molecule has 23 heavy (non-hydrogen) atoms. The maximum atomic E-state index is 11.7. The van der Waals surface area contributed by atoms with Crippen LogP contribution in [0.25, 0.3) is 0 Å². The van der Waals surface area contributed by atoms with Gasteiger partial charge in [0.15, 0.2) is 0 Å². The van der Waals surface area contributed by atoms with E-state index in [1.807, 2.05) is 31.2 Å². The lowest BCUT2D eigenvalue weighted by molar-refractivity contribution is -0.119. The Balaban J connectivity index is 1.75. The fraction of sp³-hybridized carbons (Fsp3) is 0.176. The quantitative estimate of drug-likeness (QED) is 0.541. The first-order valence-corrected chi connectivity index (χ1v) is 7.25. The van der Waals surface area contributed by atoms with Gasteiger partial charge < -0.3 is 15.2 Å². The number of rotatable bonds is 7. The van der Waals surface area contributed by atoms with Crippen molar-refractivity contribution >= 4 is 17.8 Å². The van der Waals surface area contributed by atoms with Crippen LogP contribution in [-0.4, -0.2) is 30.4 Å². The smallest absolute Gasteiger partial charge is 0.259 e. The standard InChI is InChI=1S/C17H19N3O3/c1-2-23-16-9-5-14(6-10-16)18-12-17(22)20-19-11-13-3-7-15(21)8-4-13/h3-11,18,21H,2,12H2,1H3,(H,20,22). The van der Waals surface area contributed by atoms with Crippen LogP contribution in [0.1, 0.15) is 12.5 Å². The molecule has 0 unspecified atom stereocenters. The summed E-state index contributed by atoms with van der Waals surface area (Å²) in [5, 5.41) is 16.0. The molecule has 0 aliphatic carbocycles. The van der Waals surface area contributed by atoms with Gasteiger partial charge in [-0.15, -0.1) is 0 Å². The van der Waals surface area contributed by atoms with Crippen LogP contribution in [0, 0.1) is 0 Å². The number of carbonyl (C=O) groups excluding carboxylic acids is 1. The third-order valence-electron chi connectivity index (χ3n) is 2.91. The fourth-order valence-electron chi connectivity index (χ4n) is 1.80. The molecule has 6 heteroatoms. The fourth-order valence-corrected chi connectivity index (χ4v) is 1.80. The first-order chi connectivity index (χ1) is 11.2. The Hall–Kier alpha value is -3.02. The van der Waals surface area contributed by atoms with Gasteiger partial charge in [-0.3, -0.25) is 4.79 Å². The molecule has 0 bridgehead atoms. The number of hydrogen-bond donors (Lipinski definition) is 3. The van der Waals surface area contributed by atoms with E-state index >= 15 is 0 Å². The second kappa shape index (κ2) is 8.43. The number of anilines is 1. The van der Waals surface area contributed by atoms with Crippen LogP contribution < -0.4 is 15.5 Å². The van der Waals surface area contributed by atoms with Crippen molar-refractivity contribution in [3.8, 4) is 11.5 Å². The highest BCUT2D eigenvalue weighted by molar-refractivity contribution is 5.84. The first kappa shape index (κ1) is 16.4. The van der Waals surface area contributed by atoms with Crippen molar-refractivity contribution in [2.75, 3.05) is 18.5 Å². The van der Waals surface area contributed by atoms with Gasteiger partial charge in [0.25, 0.3) is 5.91 Å². The summed E-state index contributed by atoms with van der Waals surface area (Å²) in [4.78, 5) is 11.7. The van der Waals surface area contributed by atoms with E-state index < -0.39 is 0 Å². The Morgan fingerprint density at radius 3 is 2.52 bits per heavy atom. The molecular formula is C17H19N3O3. The third kappa shape index (κ3) is 5.70. The van der Waals surface area contributed by atoms with Crippen LogP contribution in [0.15, 0.2) is 53.6 Å². The molecule has 0 saturated carbocycles. The van der Waals surface area contributed by atoms with Crippen molar-refractivity contribution in [2.45, 2.75) is 6.92 Å². The molecule has 0 spiro atoms. The molecule has 0 atom stereocenters. The van der Waals surface area contributed by atoms with E-state index in [0.717, 1.165) is 17.0 Å². The Bertz CT molecular complexity index is 652. The molecule has 0 aromatic heterocycles. The summed E-state index contributed by atoms with van der Waals surface area (Å²) < 4.78 is 5.35. The number of hydrazone groups is 1. The Kier molecular flexibility index (Phi) is 5.99. The summed E-state index contributed by atoms with van der Waals surface area (Å²) in [7, 11) is 0. The molecule has 120 valence electrons. The summed E-state index contributed by atoms with van der Waals surface area (Å²) in [5.74, 6) is 0.723. The number of nitrogens with one attached hydrogen (secondary N) is 2. The molecule has 1 amide bonds. The molecule has 0 radical (unpaired) electrons. The van der Waals surface area contributed by atoms with Gasteiger partial charge in [0.2, 0.25) is 0 Å². The summed E-state index contributed by atoms with van der Waals surface area (Å²) in [6, 6.07) is 13.9. The van der Waals surface area contributed by atoms with Gasteiger partial charge in [-0.2, -0.15) is 5.10 Å². The minimum absolute atomic E-state index is 0.112. The lowest BCUT2D eigenvalue weighted by atomic mass is 10.2. The maximum Gasteiger partial charge on any atom is 0.259 e. The van der Waals surface area contributed by atoms with Gasteiger partial charge in [-0.1, -0.05) is 0 Å². The predicted molar refractivity (Wildman–Crippen MR) is 89.9 cm³/mol. The molecule has 0 saturated heterocycles. The number of nitrogens with zero attached hydrogens (tertiary/aromatic N) is 1. The summed E-state index contributed by atoms with van der Waals surface area (Å²) in [6.45, 7) is 2.66. The molecular weight excluding hydrogens is 294 g/mol. The zero-order chi connectivity index (χ0) is 16.5. The zero-order valence-electron chi connectivity index (χ0n) is 12.8. The Labute approximate surface area is 134 Å². The topological polar surface area (TPSA) is 83.0 Å². The van der Waals surface area contributed by atoms with Crippen molar-refractivity contribution in [3.63, 3.8) is 0 Å². The van der Waals surface area contributed by atoms with Crippen molar-refractivity contribution in [2.24, 2.45) is 5.10 Å². The van der Waals surface area contributed by atoms with Gasteiger partial charge in [0, 0.05) is 5.69 Å².